The van der Waals surface area contributed by atoms with Crippen LogP contribution in [0.4, 0.5) is 0 Å². The number of sulfonamides is 1. The van der Waals surface area contributed by atoms with Gasteiger partial charge in [-0.15, -0.1) is 11.3 Å². The standard InChI is InChI=1S/C19H21N3O3S2/c1-19(2,3)14-6-8-15(9-7-14)27(23,24)22-11-13(12-22)18-20-17(21-25-18)16-5-4-10-26-16/h4-10,13H,11-12H2,1-3H3. The summed E-state index contributed by atoms with van der Waals surface area (Å²) in [5.41, 5.74) is 1.09. The lowest BCUT2D eigenvalue weighted by Gasteiger charge is -2.35. The minimum absolute atomic E-state index is 0.0115. The molecule has 0 aliphatic carbocycles. The van der Waals surface area contributed by atoms with E-state index in [-0.39, 0.29) is 11.3 Å². The number of nitrogens with zero attached hydrogens (tertiary/aromatic N) is 3. The van der Waals surface area contributed by atoms with Crippen LogP contribution in [0.1, 0.15) is 38.1 Å². The molecule has 1 fully saturated rings. The van der Waals surface area contributed by atoms with Gasteiger partial charge < -0.3 is 4.52 Å². The summed E-state index contributed by atoms with van der Waals surface area (Å²) in [4.78, 5) is 5.67. The van der Waals surface area contributed by atoms with Gasteiger partial charge in [0, 0.05) is 13.1 Å². The SMILES string of the molecule is CC(C)(C)c1ccc(S(=O)(=O)N2CC(c3nc(-c4cccs4)no3)C2)cc1. The fourth-order valence-corrected chi connectivity index (χ4v) is 5.15. The fraction of sp³-hybridized carbons (Fsp3) is 0.368. The number of aromatic nitrogens is 2. The molecule has 4 rings (SSSR count). The van der Waals surface area contributed by atoms with E-state index in [0.717, 1.165) is 10.4 Å². The largest absolute Gasteiger partial charge is 0.339 e. The average molecular weight is 404 g/mol. The van der Waals surface area contributed by atoms with Gasteiger partial charge in [0.1, 0.15) is 0 Å². The lowest BCUT2D eigenvalue weighted by molar-refractivity contribution is 0.217. The van der Waals surface area contributed by atoms with Crippen molar-refractivity contribution in [2.75, 3.05) is 13.1 Å². The molecular formula is C19H21N3O3S2. The first-order chi connectivity index (χ1) is 12.7. The minimum atomic E-state index is -3.50. The van der Waals surface area contributed by atoms with Gasteiger partial charge in [0.25, 0.3) is 0 Å². The third kappa shape index (κ3) is 3.44. The Bertz CT molecular complexity index is 1030. The molecule has 6 nitrogen and oxygen atoms in total. The first-order valence-electron chi connectivity index (χ1n) is 8.73. The van der Waals surface area contributed by atoms with Crippen molar-refractivity contribution in [1.82, 2.24) is 14.4 Å². The molecule has 1 saturated heterocycles. The Hall–Kier alpha value is -2.03. The van der Waals surface area contributed by atoms with Gasteiger partial charge in [-0.3, -0.25) is 0 Å². The molecule has 2 aromatic heterocycles. The second kappa shape index (κ2) is 6.54. The van der Waals surface area contributed by atoms with Crippen LogP contribution in [0.2, 0.25) is 0 Å². The highest BCUT2D eigenvalue weighted by atomic mass is 32.2. The summed E-state index contributed by atoms with van der Waals surface area (Å²) in [7, 11) is -3.50. The van der Waals surface area contributed by atoms with Gasteiger partial charge in [-0.25, -0.2) is 8.42 Å². The van der Waals surface area contributed by atoms with Crippen LogP contribution < -0.4 is 0 Å². The molecule has 0 amide bonds. The van der Waals surface area contributed by atoms with E-state index < -0.39 is 10.0 Å². The predicted molar refractivity (Wildman–Crippen MR) is 104 cm³/mol. The van der Waals surface area contributed by atoms with Crippen molar-refractivity contribution in [3.8, 4) is 10.7 Å². The highest BCUT2D eigenvalue weighted by Gasteiger charge is 2.40. The Morgan fingerprint density at radius 1 is 1.15 bits per heavy atom. The molecule has 0 unspecified atom stereocenters. The highest BCUT2D eigenvalue weighted by Crippen LogP contribution is 2.33. The van der Waals surface area contributed by atoms with Gasteiger partial charge >= 0.3 is 0 Å². The first kappa shape index (κ1) is 18.3. The molecule has 3 heterocycles. The molecule has 0 bridgehead atoms. The zero-order valence-electron chi connectivity index (χ0n) is 15.4. The van der Waals surface area contributed by atoms with Crippen LogP contribution in [0.25, 0.3) is 10.7 Å². The van der Waals surface area contributed by atoms with Crippen LogP contribution in [-0.2, 0) is 15.4 Å². The van der Waals surface area contributed by atoms with E-state index >= 15 is 0 Å². The van der Waals surface area contributed by atoms with Crippen molar-refractivity contribution in [2.24, 2.45) is 0 Å². The maximum Gasteiger partial charge on any atom is 0.243 e. The van der Waals surface area contributed by atoms with Crippen LogP contribution >= 0.6 is 11.3 Å². The summed E-state index contributed by atoms with van der Waals surface area (Å²) >= 11 is 1.54. The van der Waals surface area contributed by atoms with E-state index in [1.54, 1.807) is 23.5 Å². The van der Waals surface area contributed by atoms with Gasteiger partial charge in [-0.05, 0) is 34.6 Å². The second-order valence-corrected chi connectivity index (χ2v) is 10.6. The van der Waals surface area contributed by atoms with Gasteiger partial charge in [-0.1, -0.05) is 44.1 Å². The maximum absolute atomic E-state index is 12.8. The topological polar surface area (TPSA) is 76.3 Å². The highest BCUT2D eigenvalue weighted by molar-refractivity contribution is 7.89. The molecule has 0 spiro atoms. The lowest BCUT2D eigenvalue weighted by atomic mass is 9.87. The molecule has 1 aliphatic rings. The van der Waals surface area contributed by atoms with Crippen LogP contribution in [0.5, 0.6) is 0 Å². The van der Waals surface area contributed by atoms with Crippen molar-refractivity contribution < 1.29 is 12.9 Å². The van der Waals surface area contributed by atoms with E-state index in [1.165, 1.54) is 4.31 Å². The summed E-state index contributed by atoms with van der Waals surface area (Å²) in [5.74, 6) is 0.988. The normalized spacial score (nSPS) is 16.4. The molecule has 142 valence electrons. The van der Waals surface area contributed by atoms with E-state index in [0.29, 0.717) is 29.7 Å². The number of thiophene rings is 1. The molecule has 27 heavy (non-hydrogen) atoms. The molecule has 3 aromatic rings. The smallest absolute Gasteiger partial charge is 0.243 e. The van der Waals surface area contributed by atoms with Crippen LogP contribution in [-0.4, -0.2) is 36.0 Å². The van der Waals surface area contributed by atoms with Crippen molar-refractivity contribution >= 4 is 21.4 Å². The minimum Gasteiger partial charge on any atom is -0.339 e. The van der Waals surface area contributed by atoms with E-state index in [1.807, 2.05) is 29.6 Å². The molecule has 0 radical (unpaired) electrons. The third-order valence-electron chi connectivity index (χ3n) is 4.74. The summed E-state index contributed by atoms with van der Waals surface area (Å²) < 4.78 is 32.4. The molecule has 0 atom stereocenters. The maximum atomic E-state index is 12.8. The summed E-state index contributed by atoms with van der Waals surface area (Å²) in [6, 6.07) is 11.0. The van der Waals surface area contributed by atoms with E-state index in [4.69, 9.17) is 4.52 Å². The number of hydrogen-bond donors (Lipinski definition) is 0. The molecule has 8 heteroatoms. The Morgan fingerprint density at radius 3 is 2.44 bits per heavy atom. The third-order valence-corrected chi connectivity index (χ3v) is 7.45. The second-order valence-electron chi connectivity index (χ2n) is 7.73. The number of rotatable bonds is 4. The summed E-state index contributed by atoms with van der Waals surface area (Å²) in [5, 5.41) is 5.95. The molecule has 0 N–H and O–H groups in total. The predicted octanol–water partition coefficient (Wildman–Crippen LogP) is 3.88. The van der Waals surface area contributed by atoms with Crippen molar-refractivity contribution in [3.63, 3.8) is 0 Å². The fourth-order valence-electron chi connectivity index (χ4n) is 2.97. The number of benzene rings is 1. The lowest BCUT2D eigenvalue weighted by Crippen LogP contribution is -2.48. The Kier molecular flexibility index (Phi) is 4.44. The summed E-state index contributed by atoms with van der Waals surface area (Å²) in [6.07, 6.45) is 0. The van der Waals surface area contributed by atoms with Crippen molar-refractivity contribution in [3.05, 3.63) is 53.2 Å². The molecule has 1 aliphatic heterocycles. The zero-order chi connectivity index (χ0) is 19.2. The zero-order valence-corrected chi connectivity index (χ0v) is 17.0. The van der Waals surface area contributed by atoms with Gasteiger partial charge in [-0.2, -0.15) is 9.29 Å². The number of hydrogen-bond acceptors (Lipinski definition) is 6. The average Bonchev–Trinajstić information content (AvgIpc) is 3.24. The Balaban J connectivity index is 1.45. The van der Waals surface area contributed by atoms with Gasteiger partial charge in [0.2, 0.25) is 21.7 Å². The van der Waals surface area contributed by atoms with Gasteiger partial charge in [0.15, 0.2) is 0 Å². The molecule has 1 aromatic carbocycles. The van der Waals surface area contributed by atoms with Crippen molar-refractivity contribution in [1.29, 1.82) is 0 Å². The molecule has 0 saturated carbocycles. The van der Waals surface area contributed by atoms with E-state index in [2.05, 4.69) is 30.9 Å². The summed E-state index contributed by atoms with van der Waals surface area (Å²) in [6.45, 7) is 7.02. The van der Waals surface area contributed by atoms with Crippen LogP contribution in [0.15, 0.2) is 51.2 Å². The first-order valence-corrected chi connectivity index (χ1v) is 11.1. The van der Waals surface area contributed by atoms with Gasteiger partial charge in [0.05, 0.1) is 15.7 Å². The quantitative estimate of drug-likeness (QED) is 0.661. The Morgan fingerprint density at radius 2 is 1.85 bits per heavy atom. The van der Waals surface area contributed by atoms with Crippen LogP contribution in [0.3, 0.4) is 0 Å². The van der Waals surface area contributed by atoms with Crippen LogP contribution in [0, 0.1) is 0 Å². The Labute approximate surface area is 162 Å². The van der Waals surface area contributed by atoms with Crippen molar-refractivity contribution in [2.45, 2.75) is 37.0 Å². The monoisotopic (exact) mass is 403 g/mol. The molecular weight excluding hydrogens is 382 g/mol. The van der Waals surface area contributed by atoms with E-state index in [9.17, 15) is 8.42 Å².